The SMILES string of the molecule is N#Cc1ccc(-c2ccc(-c3nc(-c4ccccc4)nc(-c4ccc5c(c4)C4(c6ccccc6Cc6ccccc64)c4ccccc4-5)n3)cc2)cc1. The van der Waals surface area contributed by atoms with Gasteiger partial charge in [0.05, 0.1) is 17.0 Å². The lowest BCUT2D eigenvalue weighted by atomic mass is 9.61. The summed E-state index contributed by atoms with van der Waals surface area (Å²) in [6.07, 6.45) is 0.909. The van der Waals surface area contributed by atoms with Gasteiger partial charge in [0, 0.05) is 16.7 Å². The molecule has 242 valence electrons. The van der Waals surface area contributed by atoms with E-state index in [1.54, 1.807) is 0 Å². The fourth-order valence-corrected chi connectivity index (χ4v) is 8.33. The van der Waals surface area contributed by atoms with Crippen LogP contribution < -0.4 is 0 Å². The van der Waals surface area contributed by atoms with Crippen molar-refractivity contribution >= 4 is 0 Å². The average Bonchev–Trinajstić information content (AvgIpc) is 3.51. The summed E-state index contributed by atoms with van der Waals surface area (Å²) in [5.74, 6) is 1.87. The van der Waals surface area contributed by atoms with Gasteiger partial charge in [-0.05, 0) is 80.3 Å². The van der Waals surface area contributed by atoms with Crippen LogP contribution in [0.1, 0.15) is 38.9 Å². The monoisotopic (exact) mass is 662 g/mol. The Morgan fingerprint density at radius 1 is 0.404 bits per heavy atom. The molecule has 0 amide bonds. The molecule has 1 spiro atoms. The fraction of sp³-hybridized carbons (Fsp3) is 0.0417. The van der Waals surface area contributed by atoms with Crippen LogP contribution >= 0.6 is 0 Å². The normalized spacial score (nSPS) is 13.1. The molecule has 1 aromatic heterocycles. The smallest absolute Gasteiger partial charge is 0.164 e. The van der Waals surface area contributed by atoms with Crippen LogP contribution in [0.25, 0.3) is 56.4 Å². The van der Waals surface area contributed by atoms with Gasteiger partial charge in [0.25, 0.3) is 0 Å². The second-order valence-corrected chi connectivity index (χ2v) is 13.5. The van der Waals surface area contributed by atoms with E-state index in [1.165, 1.54) is 44.5 Å². The van der Waals surface area contributed by atoms with Crippen LogP contribution in [0, 0.1) is 11.3 Å². The van der Waals surface area contributed by atoms with Gasteiger partial charge in [-0.3, -0.25) is 0 Å². The average molecular weight is 663 g/mol. The Morgan fingerprint density at radius 2 is 0.865 bits per heavy atom. The molecule has 0 unspecified atom stereocenters. The quantitative estimate of drug-likeness (QED) is 0.188. The van der Waals surface area contributed by atoms with E-state index in [9.17, 15) is 5.26 Å². The molecule has 0 saturated carbocycles. The van der Waals surface area contributed by atoms with Crippen LogP contribution in [-0.2, 0) is 11.8 Å². The molecule has 10 rings (SSSR count). The molecule has 7 aromatic carbocycles. The molecular formula is C48H30N4. The van der Waals surface area contributed by atoms with Gasteiger partial charge < -0.3 is 0 Å². The van der Waals surface area contributed by atoms with E-state index in [0.29, 0.717) is 23.0 Å². The first kappa shape index (κ1) is 29.9. The Balaban J connectivity index is 1.16. The molecule has 52 heavy (non-hydrogen) atoms. The largest absolute Gasteiger partial charge is 0.208 e. The molecule has 2 aliphatic rings. The van der Waals surface area contributed by atoms with Gasteiger partial charge in [-0.25, -0.2) is 15.0 Å². The summed E-state index contributed by atoms with van der Waals surface area (Å²) in [6.45, 7) is 0. The zero-order valence-electron chi connectivity index (χ0n) is 28.2. The van der Waals surface area contributed by atoms with E-state index < -0.39 is 5.41 Å². The Hall–Kier alpha value is -6.96. The van der Waals surface area contributed by atoms with Crippen molar-refractivity contribution in [2.45, 2.75) is 11.8 Å². The summed E-state index contributed by atoms with van der Waals surface area (Å²) < 4.78 is 0. The molecule has 0 radical (unpaired) electrons. The van der Waals surface area contributed by atoms with E-state index in [2.05, 4.69) is 121 Å². The number of hydrogen-bond acceptors (Lipinski definition) is 4. The van der Waals surface area contributed by atoms with Gasteiger partial charge in [0.15, 0.2) is 17.5 Å². The van der Waals surface area contributed by atoms with E-state index in [0.717, 1.165) is 34.2 Å². The molecule has 0 bridgehead atoms. The Bertz CT molecular complexity index is 2660. The molecule has 0 N–H and O–H groups in total. The van der Waals surface area contributed by atoms with Crippen LogP contribution in [0.5, 0.6) is 0 Å². The van der Waals surface area contributed by atoms with Crippen molar-refractivity contribution in [1.29, 1.82) is 5.26 Å². The minimum Gasteiger partial charge on any atom is -0.208 e. The molecule has 8 aromatic rings. The minimum atomic E-state index is -0.466. The minimum absolute atomic E-state index is 0.466. The zero-order valence-corrected chi connectivity index (χ0v) is 28.2. The Labute approximate surface area is 302 Å². The lowest BCUT2D eigenvalue weighted by molar-refractivity contribution is 0.722. The molecule has 4 nitrogen and oxygen atoms in total. The highest BCUT2D eigenvalue weighted by Crippen LogP contribution is 2.59. The number of hydrogen-bond donors (Lipinski definition) is 0. The lowest BCUT2D eigenvalue weighted by Gasteiger charge is -2.40. The molecule has 0 saturated heterocycles. The predicted molar refractivity (Wildman–Crippen MR) is 206 cm³/mol. The summed E-state index contributed by atoms with van der Waals surface area (Å²) in [7, 11) is 0. The van der Waals surface area contributed by atoms with Crippen molar-refractivity contribution < 1.29 is 0 Å². The second-order valence-electron chi connectivity index (χ2n) is 13.5. The van der Waals surface area contributed by atoms with E-state index >= 15 is 0 Å². The topological polar surface area (TPSA) is 62.5 Å². The molecule has 2 aliphatic carbocycles. The summed E-state index contributed by atoms with van der Waals surface area (Å²) in [5.41, 5.74) is 15.5. The van der Waals surface area contributed by atoms with Gasteiger partial charge in [-0.2, -0.15) is 5.26 Å². The number of aromatic nitrogens is 3. The highest BCUT2D eigenvalue weighted by Gasteiger charge is 2.49. The first-order chi connectivity index (χ1) is 25.7. The van der Waals surface area contributed by atoms with Crippen LogP contribution in [-0.4, -0.2) is 15.0 Å². The fourth-order valence-electron chi connectivity index (χ4n) is 8.33. The van der Waals surface area contributed by atoms with E-state index in [1.807, 2.05) is 54.6 Å². The van der Waals surface area contributed by atoms with Crippen molar-refractivity contribution in [3.05, 3.63) is 209 Å². The standard InChI is InChI=1S/C48H30N4/c49-30-31-18-20-32(21-19-31)33-22-24-35(25-23-33)46-50-45(34-10-2-1-3-11-34)51-47(52-46)38-26-27-40-39-14-6-9-17-43(39)48(44(40)29-38)41-15-7-4-12-36(41)28-37-13-5-8-16-42(37)48/h1-27,29H,28H2. The van der Waals surface area contributed by atoms with Crippen LogP contribution in [0.3, 0.4) is 0 Å². The first-order valence-electron chi connectivity index (χ1n) is 17.5. The zero-order chi connectivity index (χ0) is 34.6. The lowest BCUT2D eigenvalue weighted by Crippen LogP contribution is -2.34. The van der Waals surface area contributed by atoms with Gasteiger partial charge >= 0.3 is 0 Å². The molecule has 0 fully saturated rings. The van der Waals surface area contributed by atoms with Crippen molar-refractivity contribution in [3.63, 3.8) is 0 Å². The van der Waals surface area contributed by atoms with Crippen molar-refractivity contribution in [2.75, 3.05) is 0 Å². The summed E-state index contributed by atoms with van der Waals surface area (Å²) in [4.78, 5) is 15.3. The molecule has 0 atom stereocenters. The summed E-state index contributed by atoms with van der Waals surface area (Å²) in [6, 6.07) is 61.8. The Kier molecular flexibility index (Phi) is 6.81. The number of nitriles is 1. The third-order valence-corrected chi connectivity index (χ3v) is 10.7. The van der Waals surface area contributed by atoms with E-state index in [-0.39, 0.29) is 0 Å². The van der Waals surface area contributed by atoms with Crippen molar-refractivity contribution in [3.8, 4) is 62.5 Å². The van der Waals surface area contributed by atoms with Gasteiger partial charge in [0.1, 0.15) is 0 Å². The van der Waals surface area contributed by atoms with Crippen molar-refractivity contribution in [1.82, 2.24) is 15.0 Å². The summed E-state index contributed by atoms with van der Waals surface area (Å²) in [5, 5.41) is 9.23. The highest BCUT2D eigenvalue weighted by atomic mass is 15.0. The first-order valence-corrected chi connectivity index (χ1v) is 17.5. The van der Waals surface area contributed by atoms with Gasteiger partial charge in [-0.1, -0.05) is 152 Å². The maximum Gasteiger partial charge on any atom is 0.164 e. The number of benzene rings is 7. The Morgan fingerprint density at radius 3 is 1.50 bits per heavy atom. The molecule has 4 heteroatoms. The number of nitrogens with zero attached hydrogens (tertiary/aromatic N) is 4. The second kappa shape index (κ2) is 11.8. The number of fused-ring (bicyclic) bond motifs is 9. The van der Waals surface area contributed by atoms with E-state index in [4.69, 9.17) is 15.0 Å². The van der Waals surface area contributed by atoms with Crippen LogP contribution in [0.15, 0.2) is 170 Å². The number of rotatable bonds is 4. The van der Waals surface area contributed by atoms with Gasteiger partial charge in [-0.15, -0.1) is 0 Å². The third-order valence-electron chi connectivity index (χ3n) is 10.7. The maximum atomic E-state index is 9.23. The van der Waals surface area contributed by atoms with Crippen molar-refractivity contribution in [2.24, 2.45) is 0 Å². The molecular weight excluding hydrogens is 633 g/mol. The van der Waals surface area contributed by atoms with Crippen LogP contribution in [0.4, 0.5) is 0 Å². The molecule has 0 aliphatic heterocycles. The molecule has 1 heterocycles. The maximum absolute atomic E-state index is 9.23. The summed E-state index contributed by atoms with van der Waals surface area (Å²) >= 11 is 0. The predicted octanol–water partition coefficient (Wildman–Crippen LogP) is 10.7. The van der Waals surface area contributed by atoms with Gasteiger partial charge in [0.2, 0.25) is 0 Å². The third kappa shape index (κ3) is 4.57. The van der Waals surface area contributed by atoms with Crippen LogP contribution in [0.2, 0.25) is 0 Å². The highest BCUT2D eigenvalue weighted by molar-refractivity contribution is 5.89.